The first-order chi connectivity index (χ1) is 16.0. The second kappa shape index (κ2) is 8.37. The second-order valence-corrected chi connectivity index (χ2v) is 8.26. The molecule has 2 bridgehead atoms. The smallest absolute Gasteiger partial charge is 0.299 e. The van der Waals surface area contributed by atoms with Crippen LogP contribution in [-0.4, -0.2) is 68.8 Å². The highest BCUT2D eigenvalue weighted by atomic mass is 19.3. The van der Waals surface area contributed by atoms with Gasteiger partial charge in [-0.05, 0) is 37.1 Å². The number of hydrogen-bond acceptors (Lipinski definition) is 7. The monoisotopic (exact) mass is 453 g/mol. The number of hydrogen-bond donors (Lipinski definition) is 0. The van der Waals surface area contributed by atoms with Crippen LogP contribution in [0.5, 0.6) is 0 Å². The molecule has 5 heterocycles. The summed E-state index contributed by atoms with van der Waals surface area (Å²) in [5, 5.41) is 12.8. The molecule has 0 spiro atoms. The van der Waals surface area contributed by atoms with Crippen molar-refractivity contribution in [3.05, 3.63) is 54.1 Å². The number of fused-ring (bicyclic) bond motifs is 3. The minimum Gasteiger partial charge on any atom is -0.365 e. The number of likely N-dealkylation sites (tertiary alicyclic amines) is 1. The second-order valence-electron chi connectivity index (χ2n) is 8.26. The van der Waals surface area contributed by atoms with Crippen molar-refractivity contribution in [2.24, 2.45) is 0 Å². The van der Waals surface area contributed by atoms with Gasteiger partial charge in [-0.15, -0.1) is 0 Å². The quantitative estimate of drug-likeness (QED) is 0.563. The van der Waals surface area contributed by atoms with Crippen LogP contribution in [0.3, 0.4) is 0 Å². The van der Waals surface area contributed by atoms with Crippen molar-refractivity contribution in [3.8, 4) is 6.07 Å². The van der Waals surface area contributed by atoms with Gasteiger partial charge in [-0.2, -0.15) is 19.1 Å². The van der Waals surface area contributed by atoms with Gasteiger partial charge < -0.3 is 14.5 Å². The molecular weight excluding hydrogens is 432 g/mol. The Labute approximate surface area is 188 Å². The summed E-state index contributed by atoms with van der Waals surface area (Å²) >= 11 is 0. The molecule has 9 nitrogen and oxygen atoms in total. The van der Waals surface area contributed by atoms with Crippen LogP contribution in [0.2, 0.25) is 0 Å². The first-order valence-corrected chi connectivity index (χ1v) is 10.6. The predicted octanol–water partition coefficient (Wildman–Crippen LogP) is 1.98. The first kappa shape index (κ1) is 21.2. The van der Waals surface area contributed by atoms with Gasteiger partial charge >= 0.3 is 0 Å². The third-order valence-electron chi connectivity index (χ3n) is 6.18. The summed E-state index contributed by atoms with van der Waals surface area (Å²) in [6.07, 6.45) is 6.11. The molecule has 33 heavy (non-hydrogen) atoms. The van der Waals surface area contributed by atoms with Gasteiger partial charge in [-0.25, -0.2) is 14.5 Å². The molecule has 3 aromatic rings. The summed E-state index contributed by atoms with van der Waals surface area (Å²) in [6, 6.07) is 8.55. The Balaban J connectivity index is 1.18. The van der Waals surface area contributed by atoms with E-state index in [2.05, 4.69) is 26.0 Å². The predicted molar refractivity (Wildman–Crippen MR) is 113 cm³/mol. The Morgan fingerprint density at radius 3 is 2.70 bits per heavy atom. The normalized spacial score (nSPS) is 20.3. The zero-order valence-corrected chi connectivity index (χ0v) is 17.6. The van der Waals surface area contributed by atoms with E-state index in [1.807, 2.05) is 6.07 Å². The van der Waals surface area contributed by atoms with E-state index in [1.54, 1.807) is 17.2 Å². The molecule has 5 rings (SSSR count). The Kier molecular flexibility index (Phi) is 5.38. The van der Waals surface area contributed by atoms with Crippen molar-refractivity contribution < 1.29 is 18.3 Å². The van der Waals surface area contributed by atoms with Crippen LogP contribution in [0, 0.1) is 11.3 Å². The van der Waals surface area contributed by atoms with Gasteiger partial charge in [0.15, 0.2) is 5.65 Å². The van der Waals surface area contributed by atoms with Gasteiger partial charge in [0.05, 0.1) is 11.1 Å². The third-order valence-corrected chi connectivity index (χ3v) is 6.18. The third kappa shape index (κ3) is 3.98. The fraction of sp³-hybridized carbons (Fsp3) is 0.409. The van der Waals surface area contributed by atoms with Crippen LogP contribution in [0.25, 0.3) is 5.65 Å². The van der Waals surface area contributed by atoms with E-state index in [0.717, 1.165) is 18.7 Å². The number of pyridine rings is 2. The van der Waals surface area contributed by atoms with Crippen molar-refractivity contribution >= 4 is 17.4 Å². The average Bonchev–Trinajstić information content (AvgIpc) is 3.40. The Morgan fingerprint density at radius 1 is 1.21 bits per heavy atom. The number of carbonyl (C=O) groups is 1. The SMILES string of the molecule is N#Cc1ccc(N2C3CC[C@H]2CN(C(=O)COCC(F)(F)c2cccn4ncnc24)C3)nc1. The number of amides is 1. The molecule has 0 saturated carbocycles. The summed E-state index contributed by atoms with van der Waals surface area (Å²) in [5.74, 6) is -2.84. The van der Waals surface area contributed by atoms with E-state index in [9.17, 15) is 13.6 Å². The minimum atomic E-state index is -3.31. The number of halogens is 2. The number of nitriles is 1. The lowest BCUT2D eigenvalue weighted by Gasteiger charge is -2.41. The molecule has 2 saturated heterocycles. The number of anilines is 1. The summed E-state index contributed by atoms with van der Waals surface area (Å²) < 4.78 is 35.9. The molecule has 0 aromatic carbocycles. The molecule has 2 atom stereocenters. The lowest BCUT2D eigenvalue weighted by molar-refractivity contribution is -0.142. The van der Waals surface area contributed by atoms with Crippen LogP contribution in [0.4, 0.5) is 14.6 Å². The van der Waals surface area contributed by atoms with Gasteiger partial charge in [0.2, 0.25) is 5.91 Å². The van der Waals surface area contributed by atoms with E-state index in [-0.39, 0.29) is 29.2 Å². The fourth-order valence-corrected chi connectivity index (χ4v) is 4.65. The van der Waals surface area contributed by atoms with Crippen molar-refractivity contribution in [1.82, 2.24) is 24.5 Å². The minimum absolute atomic E-state index is 0.0570. The van der Waals surface area contributed by atoms with Crippen molar-refractivity contribution in [2.45, 2.75) is 30.8 Å². The highest BCUT2D eigenvalue weighted by Crippen LogP contribution is 2.34. The molecule has 3 aromatic heterocycles. The van der Waals surface area contributed by atoms with E-state index in [0.29, 0.717) is 18.7 Å². The van der Waals surface area contributed by atoms with Crippen molar-refractivity contribution in [2.75, 3.05) is 31.2 Å². The van der Waals surface area contributed by atoms with Crippen LogP contribution < -0.4 is 4.90 Å². The van der Waals surface area contributed by atoms with Crippen molar-refractivity contribution in [1.29, 1.82) is 5.26 Å². The highest BCUT2D eigenvalue weighted by molar-refractivity contribution is 5.78. The molecule has 0 N–H and O–H groups in total. The molecule has 1 amide bonds. The van der Waals surface area contributed by atoms with E-state index >= 15 is 0 Å². The lowest BCUT2D eigenvalue weighted by atomic mass is 10.1. The molecule has 11 heteroatoms. The van der Waals surface area contributed by atoms with Crippen LogP contribution in [-0.2, 0) is 15.5 Å². The van der Waals surface area contributed by atoms with Crippen molar-refractivity contribution in [3.63, 3.8) is 0 Å². The number of carbonyl (C=O) groups excluding carboxylic acids is 1. The summed E-state index contributed by atoms with van der Waals surface area (Å²) in [6.45, 7) is -0.376. The van der Waals surface area contributed by atoms with Crippen LogP contribution in [0.15, 0.2) is 43.0 Å². The zero-order chi connectivity index (χ0) is 23.0. The molecular formula is C22H21F2N7O2. The fourth-order valence-electron chi connectivity index (χ4n) is 4.65. The number of aromatic nitrogens is 4. The number of ether oxygens (including phenoxy) is 1. The molecule has 170 valence electrons. The molecule has 2 fully saturated rings. The van der Waals surface area contributed by atoms with E-state index < -0.39 is 19.1 Å². The van der Waals surface area contributed by atoms with Gasteiger partial charge in [-0.3, -0.25) is 4.79 Å². The molecule has 0 aliphatic carbocycles. The van der Waals surface area contributed by atoms with E-state index in [1.165, 1.54) is 29.2 Å². The van der Waals surface area contributed by atoms with Gasteiger partial charge in [0.1, 0.15) is 31.4 Å². The molecule has 1 unspecified atom stereocenters. The average molecular weight is 453 g/mol. The Hall–Kier alpha value is -3.65. The largest absolute Gasteiger partial charge is 0.365 e. The molecule has 2 aliphatic rings. The van der Waals surface area contributed by atoms with Gasteiger partial charge in [0, 0.05) is 37.6 Å². The van der Waals surface area contributed by atoms with Crippen LogP contribution in [0.1, 0.15) is 24.0 Å². The number of nitrogens with zero attached hydrogens (tertiary/aromatic N) is 7. The molecule has 2 aliphatic heterocycles. The zero-order valence-electron chi connectivity index (χ0n) is 17.6. The standard InChI is InChI=1S/C22H21F2N7O2/c23-22(24,18-2-1-7-30-21(18)27-14-28-30)13-33-12-20(32)29-10-16-4-5-17(11-29)31(16)19-6-3-15(8-25)9-26-19/h1-3,6-7,9,14,16-17H,4-5,10-13H2/t16-,17?/m0/s1. The van der Waals surface area contributed by atoms with Gasteiger partial charge in [-0.1, -0.05) is 0 Å². The summed E-state index contributed by atoms with van der Waals surface area (Å²) in [4.78, 5) is 24.8. The maximum Gasteiger partial charge on any atom is 0.299 e. The topological polar surface area (TPSA) is 99.7 Å². The summed E-state index contributed by atoms with van der Waals surface area (Å²) in [7, 11) is 0. The summed E-state index contributed by atoms with van der Waals surface area (Å²) in [5.41, 5.74) is 0.257. The number of piperazine rings is 1. The van der Waals surface area contributed by atoms with Gasteiger partial charge in [0.25, 0.3) is 5.92 Å². The Morgan fingerprint density at radius 2 is 2.00 bits per heavy atom. The van der Waals surface area contributed by atoms with Crippen LogP contribution >= 0.6 is 0 Å². The maximum atomic E-state index is 14.7. The van der Waals surface area contributed by atoms with E-state index in [4.69, 9.17) is 10.00 Å². The first-order valence-electron chi connectivity index (χ1n) is 10.6. The Bertz CT molecular complexity index is 1190. The lowest BCUT2D eigenvalue weighted by Crippen LogP contribution is -2.56. The highest BCUT2D eigenvalue weighted by Gasteiger charge is 2.42. The maximum absolute atomic E-state index is 14.7. The molecule has 0 radical (unpaired) electrons. The number of alkyl halides is 2. The number of rotatable bonds is 6.